The van der Waals surface area contributed by atoms with Gasteiger partial charge in [-0.2, -0.15) is 18.3 Å². The molecule has 2 aromatic heterocycles. The third-order valence-electron chi connectivity index (χ3n) is 2.28. The first-order valence-electron chi connectivity index (χ1n) is 5.05. The van der Waals surface area contributed by atoms with E-state index in [2.05, 4.69) is 5.10 Å². The molecule has 0 atom stereocenters. The molecule has 0 fully saturated rings. The normalized spacial score (nSPS) is 11.8. The summed E-state index contributed by atoms with van der Waals surface area (Å²) in [5.74, 6) is -0.245. The van der Waals surface area contributed by atoms with Crippen molar-refractivity contribution in [3.63, 3.8) is 0 Å². The number of hydrogen-bond donors (Lipinski definition) is 0. The van der Waals surface area contributed by atoms with Crippen molar-refractivity contribution in [1.82, 2.24) is 9.78 Å². The number of carbonyl (C=O) groups is 1. The molecule has 3 nitrogen and oxygen atoms in total. The summed E-state index contributed by atoms with van der Waals surface area (Å²) in [6.45, 7) is 1.67. The number of nitrogens with zero attached hydrogens (tertiary/aromatic N) is 2. The van der Waals surface area contributed by atoms with Crippen LogP contribution in [0.25, 0.3) is 0 Å². The number of halogens is 3. The molecule has 0 amide bonds. The summed E-state index contributed by atoms with van der Waals surface area (Å²) in [6, 6.07) is 3.46. The Kier molecular flexibility index (Phi) is 3.25. The topological polar surface area (TPSA) is 34.9 Å². The monoisotopic (exact) mass is 274 g/mol. The smallest absolute Gasteiger partial charge is 0.291 e. The largest absolute Gasteiger partial charge is 0.419 e. The van der Waals surface area contributed by atoms with Gasteiger partial charge in [-0.15, -0.1) is 11.3 Å². The highest BCUT2D eigenvalue weighted by Crippen LogP contribution is 2.28. The summed E-state index contributed by atoms with van der Waals surface area (Å²) in [6.07, 6.45) is -2.88. The molecule has 0 unspecified atom stereocenters. The van der Waals surface area contributed by atoms with Gasteiger partial charge in [-0.3, -0.25) is 9.48 Å². The standard InChI is InChI=1S/C11H9F3N2OS/c1-7-2-3-10(18-7)9(17)6-16-5-8(4-15-16)11(12,13)14/h2-5H,6H2,1H3. The Morgan fingerprint density at radius 1 is 1.44 bits per heavy atom. The fourth-order valence-corrected chi connectivity index (χ4v) is 2.20. The second kappa shape index (κ2) is 4.56. The highest BCUT2D eigenvalue weighted by atomic mass is 32.1. The van der Waals surface area contributed by atoms with Gasteiger partial charge in [-0.25, -0.2) is 0 Å². The van der Waals surface area contributed by atoms with Crippen molar-refractivity contribution in [2.45, 2.75) is 19.6 Å². The molecule has 2 heterocycles. The number of Topliss-reactive ketones (excluding diaryl/α,β-unsaturated/α-hetero) is 1. The predicted octanol–water partition coefficient (Wildman–Crippen LogP) is 3.15. The van der Waals surface area contributed by atoms with Crippen LogP contribution in [0, 0.1) is 6.92 Å². The molecule has 2 rings (SSSR count). The second-order valence-corrected chi connectivity index (χ2v) is 5.05. The Morgan fingerprint density at radius 2 is 2.17 bits per heavy atom. The number of thiophene rings is 1. The van der Waals surface area contributed by atoms with Crippen LogP contribution >= 0.6 is 11.3 Å². The maximum atomic E-state index is 12.3. The second-order valence-electron chi connectivity index (χ2n) is 3.76. The zero-order valence-electron chi connectivity index (χ0n) is 9.36. The van der Waals surface area contributed by atoms with Gasteiger partial charge < -0.3 is 0 Å². The Balaban J connectivity index is 2.10. The van der Waals surface area contributed by atoms with Gasteiger partial charge in [0, 0.05) is 11.1 Å². The minimum atomic E-state index is -4.43. The van der Waals surface area contributed by atoms with E-state index in [1.165, 1.54) is 11.3 Å². The molecular formula is C11H9F3N2OS. The maximum Gasteiger partial charge on any atom is 0.419 e. The van der Waals surface area contributed by atoms with Crippen LogP contribution in [0.1, 0.15) is 20.1 Å². The molecule has 0 saturated carbocycles. The Hall–Kier alpha value is -1.63. The molecule has 0 bridgehead atoms. The molecule has 0 spiro atoms. The van der Waals surface area contributed by atoms with E-state index in [4.69, 9.17) is 0 Å². The number of aromatic nitrogens is 2. The molecule has 0 radical (unpaired) electrons. The molecule has 0 aromatic carbocycles. The molecule has 0 aliphatic carbocycles. The molecule has 0 N–H and O–H groups in total. The highest BCUT2D eigenvalue weighted by molar-refractivity contribution is 7.14. The molecule has 96 valence electrons. The van der Waals surface area contributed by atoms with Gasteiger partial charge in [0.15, 0.2) is 5.78 Å². The zero-order valence-corrected chi connectivity index (χ0v) is 10.2. The summed E-state index contributed by atoms with van der Waals surface area (Å²) in [7, 11) is 0. The summed E-state index contributed by atoms with van der Waals surface area (Å²) in [5.41, 5.74) is -0.849. The van der Waals surface area contributed by atoms with Crippen molar-refractivity contribution in [2.75, 3.05) is 0 Å². The predicted molar refractivity (Wildman–Crippen MR) is 60.6 cm³/mol. The van der Waals surface area contributed by atoms with Crippen LogP contribution in [0.2, 0.25) is 0 Å². The van der Waals surface area contributed by atoms with Gasteiger partial charge in [0.1, 0.15) is 6.54 Å². The third kappa shape index (κ3) is 2.79. The van der Waals surface area contributed by atoms with E-state index in [0.29, 0.717) is 11.1 Å². The maximum absolute atomic E-state index is 12.3. The van der Waals surface area contributed by atoms with Crippen molar-refractivity contribution in [1.29, 1.82) is 0 Å². The van der Waals surface area contributed by atoms with Crippen LogP contribution in [0.3, 0.4) is 0 Å². The van der Waals surface area contributed by atoms with Crippen molar-refractivity contribution >= 4 is 17.1 Å². The number of carbonyl (C=O) groups excluding carboxylic acids is 1. The van der Waals surface area contributed by atoms with Gasteiger partial charge in [-0.05, 0) is 19.1 Å². The van der Waals surface area contributed by atoms with Crippen molar-refractivity contribution < 1.29 is 18.0 Å². The van der Waals surface area contributed by atoms with E-state index in [9.17, 15) is 18.0 Å². The lowest BCUT2D eigenvalue weighted by molar-refractivity contribution is -0.137. The van der Waals surface area contributed by atoms with Gasteiger partial charge in [0.2, 0.25) is 0 Å². The lowest BCUT2D eigenvalue weighted by atomic mass is 10.3. The Labute approximate surface area is 105 Å². The number of rotatable bonds is 3. The first-order valence-corrected chi connectivity index (χ1v) is 5.87. The Bertz CT molecular complexity index is 571. The van der Waals surface area contributed by atoms with Crippen molar-refractivity contribution in [3.8, 4) is 0 Å². The van der Waals surface area contributed by atoms with Crippen LogP contribution in [-0.2, 0) is 12.7 Å². The number of ketones is 1. The summed E-state index contributed by atoms with van der Waals surface area (Å²) in [4.78, 5) is 13.3. The van der Waals surface area contributed by atoms with E-state index in [-0.39, 0.29) is 12.3 Å². The van der Waals surface area contributed by atoms with E-state index in [0.717, 1.165) is 15.8 Å². The molecule has 0 saturated heterocycles. The molecule has 2 aromatic rings. The first kappa shape index (κ1) is 12.8. The number of alkyl halides is 3. The van der Waals surface area contributed by atoms with Gasteiger partial charge in [0.05, 0.1) is 16.6 Å². The fraction of sp³-hybridized carbons (Fsp3) is 0.273. The Morgan fingerprint density at radius 3 is 2.67 bits per heavy atom. The molecule has 0 aliphatic heterocycles. The quantitative estimate of drug-likeness (QED) is 0.806. The van der Waals surface area contributed by atoms with Gasteiger partial charge in [-0.1, -0.05) is 0 Å². The number of aryl methyl sites for hydroxylation is 1. The van der Waals surface area contributed by atoms with E-state index < -0.39 is 11.7 Å². The van der Waals surface area contributed by atoms with Gasteiger partial charge >= 0.3 is 6.18 Å². The molecular weight excluding hydrogens is 265 g/mol. The van der Waals surface area contributed by atoms with E-state index in [1.807, 2.05) is 6.92 Å². The van der Waals surface area contributed by atoms with Gasteiger partial charge in [0.25, 0.3) is 0 Å². The lowest BCUT2D eigenvalue weighted by Gasteiger charge is -2.01. The van der Waals surface area contributed by atoms with Crippen LogP contribution in [0.4, 0.5) is 13.2 Å². The first-order chi connectivity index (χ1) is 8.36. The average molecular weight is 274 g/mol. The van der Waals surface area contributed by atoms with E-state index in [1.54, 1.807) is 12.1 Å². The summed E-state index contributed by atoms with van der Waals surface area (Å²) < 4.78 is 38.0. The van der Waals surface area contributed by atoms with Crippen molar-refractivity contribution in [2.24, 2.45) is 0 Å². The van der Waals surface area contributed by atoms with Crippen LogP contribution < -0.4 is 0 Å². The average Bonchev–Trinajstić information content (AvgIpc) is 2.85. The van der Waals surface area contributed by atoms with E-state index >= 15 is 0 Å². The minimum Gasteiger partial charge on any atom is -0.291 e. The number of hydrogen-bond acceptors (Lipinski definition) is 3. The summed E-state index contributed by atoms with van der Waals surface area (Å²) >= 11 is 1.31. The van der Waals surface area contributed by atoms with Crippen LogP contribution in [0.15, 0.2) is 24.5 Å². The molecule has 0 aliphatic rings. The molecule has 18 heavy (non-hydrogen) atoms. The zero-order chi connectivity index (χ0) is 13.3. The SMILES string of the molecule is Cc1ccc(C(=O)Cn2cc(C(F)(F)F)cn2)s1. The minimum absolute atomic E-state index is 0.184. The molecule has 7 heteroatoms. The van der Waals surface area contributed by atoms with Crippen molar-refractivity contribution in [3.05, 3.63) is 39.8 Å². The van der Waals surface area contributed by atoms with Crippen LogP contribution in [-0.4, -0.2) is 15.6 Å². The lowest BCUT2D eigenvalue weighted by Crippen LogP contribution is -2.10. The summed E-state index contributed by atoms with van der Waals surface area (Å²) in [5, 5.41) is 3.54. The highest BCUT2D eigenvalue weighted by Gasteiger charge is 2.32. The fourth-order valence-electron chi connectivity index (χ4n) is 1.41. The third-order valence-corrected chi connectivity index (χ3v) is 3.32. The van der Waals surface area contributed by atoms with Crippen LogP contribution in [0.5, 0.6) is 0 Å².